The minimum absolute atomic E-state index is 0.0932. The van der Waals surface area contributed by atoms with E-state index in [4.69, 9.17) is 9.47 Å². The van der Waals surface area contributed by atoms with Crippen LogP contribution in [0, 0.1) is 11.6 Å². The summed E-state index contributed by atoms with van der Waals surface area (Å²) >= 11 is 0. The molecule has 5 fully saturated rings. The van der Waals surface area contributed by atoms with Crippen LogP contribution in [-0.2, 0) is 19.1 Å². The Kier molecular flexibility index (Phi) is 12.1. The largest absolute Gasteiger partial charge is 0.446 e. The normalized spacial score (nSPS) is 24.2. The van der Waals surface area contributed by atoms with Gasteiger partial charge >= 0.3 is 6.09 Å². The molecular weight excluding hydrogens is 735 g/mol. The summed E-state index contributed by atoms with van der Waals surface area (Å²) in [5, 5.41) is 8.77. The summed E-state index contributed by atoms with van der Waals surface area (Å²) in [6.07, 6.45) is 7.96. The molecule has 4 aliphatic heterocycles. The van der Waals surface area contributed by atoms with E-state index in [0.717, 1.165) is 83.2 Å². The first-order valence-corrected chi connectivity index (χ1v) is 20.6. The van der Waals surface area contributed by atoms with Gasteiger partial charge in [-0.15, -0.1) is 0 Å². The van der Waals surface area contributed by atoms with Crippen molar-refractivity contribution in [2.45, 2.75) is 94.4 Å². The molecule has 0 bridgehead atoms. The van der Waals surface area contributed by atoms with E-state index in [-0.39, 0.29) is 53.9 Å². The number of piperidine rings is 3. The van der Waals surface area contributed by atoms with E-state index in [1.165, 1.54) is 12.3 Å². The number of morpholine rings is 1. The first kappa shape index (κ1) is 39.0. The van der Waals surface area contributed by atoms with E-state index in [9.17, 15) is 18.8 Å². The number of likely N-dealkylation sites (tertiary alicyclic amines) is 2. The Labute approximate surface area is 331 Å². The quantitative estimate of drug-likeness (QED) is 0.231. The molecule has 4 saturated heterocycles. The fourth-order valence-electron chi connectivity index (χ4n) is 9.00. The molecule has 57 heavy (non-hydrogen) atoms. The molecule has 15 heteroatoms. The first-order chi connectivity index (χ1) is 27.8. The number of carbonyl (C=O) groups excluding carboxylic acids is 3. The van der Waals surface area contributed by atoms with Crippen molar-refractivity contribution >= 4 is 35.2 Å². The molecule has 0 radical (unpaired) electrons. The molecule has 3 amide bonds. The Morgan fingerprint density at radius 1 is 0.842 bits per heavy atom. The van der Waals surface area contributed by atoms with E-state index >= 15 is 4.39 Å². The lowest BCUT2D eigenvalue weighted by atomic mass is 9.87. The van der Waals surface area contributed by atoms with Gasteiger partial charge in [0.2, 0.25) is 17.8 Å². The summed E-state index contributed by atoms with van der Waals surface area (Å²) in [6, 6.07) is 12.8. The number of amides is 3. The second-order valence-electron chi connectivity index (χ2n) is 16.0. The zero-order chi connectivity index (χ0) is 39.3. The molecule has 3 aromatic rings. The van der Waals surface area contributed by atoms with Crippen molar-refractivity contribution in [3.63, 3.8) is 0 Å². The monoisotopic (exact) mass is 786 g/mol. The smallest absolute Gasteiger partial charge is 0.410 e. The Balaban J connectivity index is 0.750. The molecule has 1 saturated carbocycles. The van der Waals surface area contributed by atoms with Crippen molar-refractivity contribution in [1.82, 2.24) is 25.1 Å². The molecule has 304 valence electrons. The van der Waals surface area contributed by atoms with Crippen LogP contribution < -0.4 is 20.9 Å². The number of halogens is 2. The molecule has 5 aliphatic rings. The Hall–Kier alpha value is -4.89. The number of carbonyl (C=O) groups is 3. The fourth-order valence-corrected chi connectivity index (χ4v) is 9.00. The lowest BCUT2D eigenvalue weighted by Crippen LogP contribution is -2.49. The fraction of sp³-hybridized carbons (Fsp3) is 0.548. The van der Waals surface area contributed by atoms with Crippen LogP contribution in [0.4, 0.5) is 30.9 Å². The highest BCUT2D eigenvalue weighted by Crippen LogP contribution is 2.34. The Morgan fingerprint density at radius 2 is 1.61 bits per heavy atom. The van der Waals surface area contributed by atoms with Gasteiger partial charge in [0.05, 0.1) is 19.4 Å². The molecule has 2 aromatic carbocycles. The van der Waals surface area contributed by atoms with Crippen molar-refractivity contribution < 1.29 is 32.6 Å². The van der Waals surface area contributed by atoms with E-state index in [1.54, 1.807) is 0 Å². The lowest BCUT2D eigenvalue weighted by molar-refractivity contribution is -0.133. The van der Waals surface area contributed by atoms with Crippen LogP contribution in [0.2, 0.25) is 0 Å². The summed E-state index contributed by atoms with van der Waals surface area (Å²) in [5.41, 5.74) is 3.21. The van der Waals surface area contributed by atoms with Crippen LogP contribution in [-0.4, -0.2) is 114 Å². The molecular formula is C42H52F2N8O5. The first-order valence-electron chi connectivity index (χ1n) is 20.6. The molecule has 8 rings (SSSR count). The molecule has 0 spiro atoms. The van der Waals surface area contributed by atoms with Gasteiger partial charge in [-0.3, -0.25) is 14.9 Å². The second kappa shape index (κ2) is 17.7. The predicted molar refractivity (Wildman–Crippen MR) is 211 cm³/mol. The van der Waals surface area contributed by atoms with Crippen molar-refractivity contribution in [2.24, 2.45) is 0 Å². The SMILES string of the molecule is O=C1CCC(Nc2ccc(C3CCN(C4CCN(C(=O)O[C@H]5CC[C@H](Nc6ncc(F)c(-c7cccc(N8CCOCC8)c7)n6)CC5)CC4)CC3)c(F)c2)C(=O)N1. The van der Waals surface area contributed by atoms with Gasteiger partial charge in [-0.05, 0) is 107 Å². The highest BCUT2D eigenvalue weighted by molar-refractivity contribution is 6.01. The van der Waals surface area contributed by atoms with E-state index < -0.39 is 11.9 Å². The number of nitrogens with one attached hydrogen (secondary N) is 3. The second-order valence-corrected chi connectivity index (χ2v) is 16.0. The molecule has 1 atom stereocenters. The van der Waals surface area contributed by atoms with Crippen LogP contribution >= 0.6 is 0 Å². The van der Waals surface area contributed by atoms with Gasteiger partial charge in [-0.25, -0.2) is 23.5 Å². The summed E-state index contributed by atoms with van der Waals surface area (Å²) < 4.78 is 41.6. The van der Waals surface area contributed by atoms with Crippen molar-refractivity contribution in [1.29, 1.82) is 0 Å². The summed E-state index contributed by atoms with van der Waals surface area (Å²) in [4.78, 5) is 52.1. The Bertz CT molecular complexity index is 1910. The number of hydrogen-bond acceptors (Lipinski definition) is 11. The number of benzene rings is 2. The van der Waals surface area contributed by atoms with Gasteiger partial charge in [0.25, 0.3) is 0 Å². The average molecular weight is 787 g/mol. The molecule has 1 unspecified atom stereocenters. The van der Waals surface area contributed by atoms with Gasteiger partial charge in [-0.2, -0.15) is 0 Å². The minimum atomic E-state index is -0.552. The minimum Gasteiger partial charge on any atom is -0.446 e. The number of hydrogen-bond donors (Lipinski definition) is 3. The van der Waals surface area contributed by atoms with Crippen LogP contribution in [0.5, 0.6) is 0 Å². The zero-order valence-corrected chi connectivity index (χ0v) is 32.3. The van der Waals surface area contributed by atoms with Gasteiger partial charge < -0.3 is 34.8 Å². The maximum absolute atomic E-state index is 15.2. The number of anilines is 3. The molecule has 13 nitrogen and oxygen atoms in total. The third-order valence-corrected chi connectivity index (χ3v) is 12.3. The number of imide groups is 1. The van der Waals surface area contributed by atoms with Crippen LogP contribution in [0.3, 0.4) is 0 Å². The number of aromatic nitrogens is 2. The van der Waals surface area contributed by atoms with E-state index in [1.807, 2.05) is 41.3 Å². The highest BCUT2D eigenvalue weighted by Gasteiger charge is 2.33. The molecule has 3 N–H and O–H groups in total. The van der Waals surface area contributed by atoms with E-state index in [2.05, 4.69) is 35.7 Å². The van der Waals surface area contributed by atoms with Gasteiger partial charge in [0.15, 0.2) is 5.82 Å². The number of rotatable bonds is 9. The average Bonchev–Trinajstić information content (AvgIpc) is 3.24. The molecule has 1 aliphatic carbocycles. The van der Waals surface area contributed by atoms with Crippen molar-refractivity contribution in [2.75, 3.05) is 68.0 Å². The van der Waals surface area contributed by atoms with Gasteiger partial charge in [0, 0.05) is 61.6 Å². The third-order valence-electron chi connectivity index (χ3n) is 12.3. The van der Waals surface area contributed by atoms with Crippen molar-refractivity contribution in [3.05, 3.63) is 65.9 Å². The third kappa shape index (κ3) is 9.47. The highest BCUT2D eigenvalue weighted by atomic mass is 19.1. The van der Waals surface area contributed by atoms with Crippen molar-refractivity contribution in [3.8, 4) is 11.3 Å². The van der Waals surface area contributed by atoms with Gasteiger partial charge in [-0.1, -0.05) is 18.2 Å². The molecule has 1 aromatic heterocycles. The predicted octanol–water partition coefficient (Wildman–Crippen LogP) is 5.68. The molecule has 5 heterocycles. The maximum atomic E-state index is 15.2. The summed E-state index contributed by atoms with van der Waals surface area (Å²) in [5.74, 6) is -0.900. The zero-order valence-electron chi connectivity index (χ0n) is 32.3. The summed E-state index contributed by atoms with van der Waals surface area (Å²) in [7, 11) is 0. The number of nitrogens with zero attached hydrogens (tertiary/aromatic N) is 5. The number of ether oxygens (including phenoxy) is 2. The van der Waals surface area contributed by atoms with E-state index in [0.29, 0.717) is 61.5 Å². The maximum Gasteiger partial charge on any atom is 0.410 e. The summed E-state index contributed by atoms with van der Waals surface area (Å²) in [6.45, 7) is 5.97. The van der Waals surface area contributed by atoms with Crippen LogP contribution in [0.15, 0.2) is 48.7 Å². The van der Waals surface area contributed by atoms with Gasteiger partial charge in [0.1, 0.15) is 23.7 Å². The lowest BCUT2D eigenvalue weighted by Gasteiger charge is -2.42. The topological polar surface area (TPSA) is 141 Å². The van der Waals surface area contributed by atoms with Crippen LogP contribution in [0.1, 0.15) is 75.7 Å². The van der Waals surface area contributed by atoms with Crippen LogP contribution in [0.25, 0.3) is 11.3 Å². The standard InChI is InChI=1S/C42H52F2N8O5/c43-35-25-30(46-37-10-11-38(53)48-40(37)54)6-9-34(35)27-12-16-50(17-13-27)31-14-18-52(19-15-31)42(55)57-33-7-4-29(5-8-33)47-41-45-26-36(44)39(49-41)28-2-1-3-32(24-28)51-20-22-56-23-21-51/h1-3,6,9,24-27,29,31,33,37,46H,4-5,7-8,10-23H2,(H,45,47,49)(H,48,53,54)/t29-,33-,37?. The Morgan fingerprint density at radius 3 is 2.35 bits per heavy atom.